The lowest BCUT2D eigenvalue weighted by molar-refractivity contribution is -0.137. The predicted octanol–water partition coefficient (Wildman–Crippen LogP) is 0.891. The molecule has 1 aromatic rings. The number of hydrogen-bond acceptors (Lipinski definition) is 4. The number of rotatable bonds is 4. The summed E-state index contributed by atoms with van der Waals surface area (Å²) >= 11 is 1.38. The minimum atomic E-state index is -1.14. The summed E-state index contributed by atoms with van der Waals surface area (Å²) in [5.74, 6) is 0.839. The number of nitrogens with one attached hydrogen (secondary N) is 1. The second kappa shape index (κ2) is 6.33. The highest BCUT2D eigenvalue weighted by atomic mass is 32.2. The lowest BCUT2D eigenvalue weighted by Gasteiger charge is -2.20. The molecule has 1 aromatic carbocycles. The molecule has 7 heteroatoms. The van der Waals surface area contributed by atoms with Gasteiger partial charge in [0.1, 0.15) is 6.54 Å². The summed E-state index contributed by atoms with van der Waals surface area (Å²) in [5.41, 5.74) is 0.839. The molecular weight excluding hydrogens is 292 g/mol. The Morgan fingerprint density at radius 3 is 2.90 bits per heavy atom. The minimum Gasteiger partial charge on any atom is -0.480 e. The van der Waals surface area contributed by atoms with E-state index < -0.39 is 18.4 Å². The molecule has 6 nitrogen and oxygen atoms in total. The maximum Gasteiger partial charge on any atom is 0.323 e. The van der Waals surface area contributed by atoms with Gasteiger partial charge in [0.15, 0.2) is 0 Å². The zero-order valence-electron chi connectivity index (χ0n) is 11.0. The molecule has 1 aliphatic heterocycles. The highest BCUT2D eigenvalue weighted by Gasteiger charge is 2.21. The van der Waals surface area contributed by atoms with Crippen LogP contribution in [-0.2, 0) is 9.59 Å². The topological polar surface area (TPSA) is 86.7 Å². The van der Waals surface area contributed by atoms with Crippen molar-refractivity contribution in [1.82, 2.24) is 4.90 Å². The van der Waals surface area contributed by atoms with Gasteiger partial charge in [-0.15, -0.1) is 18.2 Å². The van der Waals surface area contributed by atoms with Crippen molar-refractivity contribution in [3.05, 3.63) is 23.8 Å². The van der Waals surface area contributed by atoms with Crippen molar-refractivity contribution in [2.45, 2.75) is 4.90 Å². The molecule has 1 heterocycles. The van der Waals surface area contributed by atoms with Crippen LogP contribution in [0.5, 0.6) is 0 Å². The van der Waals surface area contributed by atoms with E-state index in [9.17, 15) is 14.4 Å². The fraction of sp³-hybridized carbons (Fsp3) is 0.214. The normalized spacial score (nSPS) is 12.8. The first-order valence-corrected chi connectivity index (χ1v) is 7.01. The third kappa shape index (κ3) is 3.55. The molecule has 0 saturated carbocycles. The van der Waals surface area contributed by atoms with E-state index in [1.807, 2.05) is 0 Å². The van der Waals surface area contributed by atoms with E-state index >= 15 is 0 Å². The number of carboxylic acids is 1. The average molecular weight is 304 g/mol. The number of anilines is 1. The van der Waals surface area contributed by atoms with E-state index in [4.69, 9.17) is 11.5 Å². The zero-order valence-corrected chi connectivity index (χ0v) is 11.8. The molecule has 108 valence electrons. The molecule has 0 aromatic heterocycles. The number of benzene rings is 1. The van der Waals surface area contributed by atoms with Crippen LogP contribution in [0.2, 0.25) is 0 Å². The Labute approximate surface area is 125 Å². The van der Waals surface area contributed by atoms with Crippen LogP contribution in [0.15, 0.2) is 23.1 Å². The van der Waals surface area contributed by atoms with Crippen molar-refractivity contribution in [3.63, 3.8) is 0 Å². The number of thioether (sulfide) groups is 1. The fourth-order valence-corrected chi connectivity index (χ4v) is 2.66. The van der Waals surface area contributed by atoms with Crippen LogP contribution in [0.4, 0.5) is 5.69 Å². The summed E-state index contributed by atoms with van der Waals surface area (Å²) < 4.78 is 0. The van der Waals surface area contributed by atoms with Crippen LogP contribution < -0.4 is 5.32 Å². The van der Waals surface area contributed by atoms with Crippen molar-refractivity contribution in [3.8, 4) is 12.3 Å². The quantitative estimate of drug-likeness (QED) is 0.807. The number of carbonyl (C=O) groups is 3. The molecule has 0 unspecified atom stereocenters. The van der Waals surface area contributed by atoms with Gasteiger partial charge in [-0.05, 0) is 18.2 Å². The van der Waals surface area contributed by atoms with Crippen LogP contribution in [0, 0.1) is 12.3 Å². The molecule has 0 aliphatic carbocycles. The highest BCUT2D eigenvalue weighted by Crippen LogP contribution is 2.32. The van der Waals surface area contributed by atoms with E-state index in [1.165, 1.54) is 17.8 Å². The van der Waals surface area contributed by atoms with Gasteiger partial charge in [-0.3, -0.25) is 14.4 Å². The Kier molecular flexibility index (Phi) is 4.50. The summed E-state index contributed by atoms with van der Waals surface area (Å²) in [6, 6.07) is 4.85. The maximum atomic E-state index is 12.3. The van der Waals surface area contributed by atoms with Gasteiger partial charge in [-0.2, -0.15) is 0 Å². The van der Waals surface area contributed by atoms with Crippen molar-refractivity contribution < 1.29 is 19.5 Å². The molecule has 0 fully saturated rings. The van der Waals surface area contributed by atoms with Crippen molar-refractivity contribution in [1.29, 1.82) is 0 Å². The van der Waals surface area contributed by atoms with Gasteiger partial charge in [0.05, 0.1) is 18.0 Å². The number of terminal acetylenes is 1. The highest BCUT2D eigenvalue weighted by molar-refractivity contribution is 8.00. The number of carbonyl (C=O) groups excluding carboxylic acids is 2. The molecule has 21 heavy (non-hydrogen) atoms. The minimum absolute atomic E-state index is 0.0939. The molecule has 1 aliphatic rings. The van der Waals surface area contributed by atoms with Crippen molar-refractivity contribution in [2.24, 2.45) is 0 Å². The second-order valence-electron chi connectivity index (χ2n) is 4.31. The number of amides is 2. The molecule has 0 spiro atoms. The lowest BCUT2D eigenvalue weighted by Crippen LogP contribution is -2.36. The first-order chi connectivity index (χ1) is 10.0. The molecule has 0 radical (unpaired) electrons. The number of hydrogen-bond donors (Lipinski definition) is 2. The summed E-state index contributed by atoms with van der Waals surface area (Å²) in [5, 5.41) is 11.5. The van der Waals surface area contributed by atoms with Gasteiger partial charge in [0, 0.05) is 10.5 Å². The van der Waals surface area contributed by atoms with Crippen LogP contribution in [-0.4, -0.2) is 46.6 Å². The van der Waals surface area contributed by atoms with Crippen LogP contribution in [0.1, 0.15) is 10.4 Å². The molecule has 2 N–H and O–H groups in total. The van der Waals surface area contributed by atoms with Crippen molar-refractivity contribution >= 4 is 35.2 Å². The molecule has 2 rings (SSSR count). The van der Waals surface area contributed by atoms with Crippen molar-refractivity contribution in [2.75, 3.05) is 24.2 Å². The Hall–Kier alpha value is -2.46. The number of aliphatic carboxylic acids is 1. The van der Waals surface area contributed by atoms with E-state index in [1.54, 1.807) is 12.1 Å². The largest absolute Gasteiger partial charge is 0.480 e. The summed E-state index contributed by atoms with van der Waals surface area (Å²) in [7, 11) is 0. The molecule has 0 saturated heterocycles. The van der Waals surface area contributed by atoms with Crippen LogP contribution in [0.25, 0.3) is 0 Å². The zero-order chi connectivity index (χ0) is 15.4. The Morgan fingerprint density at radius 1 is 1.48 bits per heavy atom. The van der Waals surface area contributed by atoms with Gasteiger partial charge < -0.3 is 15.3 Å². The van der Waals surface area contributed by atoms with Gasteiger partial charge in [0.2, 0.25) is 5.91 Å². The van der Waals surface area contributed by atoms with Crippen LogP contribution in [0.3, 0.4) is 0 Å². The standard InChI is InChI=1S/C14H12N2O4S/c1-2-5-16(7-13(18)19)14(20)9-3-4-11-10(6-9)15-12(17)8-21-11/h1,3-4,6H,5,7-8H2,(H,15,17)(H,18,19). The average Bonchev–Trinajstić information content (AvgIpc) is 2.44. The van der Waals surface area contributed by atoms with Gasteiger partial charge in [-0.1, -0.05) is 5.92 Å². The molecule has 0 bridgehead atoms. The fourth-order valence-electron chi connectivity index (χ4n) is 1.87. The third-order valence-corrected chi connectivity index (χ3v) is 3.83. The number of nitrogens with zero attached hydrogens (tertiary/aromatic N) is 1. The van der Waals surface area contributed by atoms with E-state index in [2.05, 4.69) is 11.2 Å². The van der Waals surface area contributed by atoms with E-state index in [-0.39, 0.29) is 18.0 Å². The first-order valence-electron chi connectivity index (χ1n) is 6.02. The van der Waals surface area contributed by atoms with Gasteiger partial charge in [0.25, 0.3) is 5.91 Å². The predicted molar refractivity (Wildman–Crippen MR) is 78.2 cm³/mol. The van der Waals surface area contributed by atoms with Gasteiger partial charge in [-0.25, -0.2) is 0 Å². The molecular formula is C14H12N2O4S. The van der Waals surface area contributed by atoms with Crippen LogP contribution >= 0.6 is 11.8 Å². The molecule has 0 atom stereocenters. The number of fused-ring (bicyclic) bond motifs is 1. The molecule has 2 amide bonds. The first kappa shape index (κ1) is 14.9. The Balaban J connectivity index is 2.26. The summed E-state index contributed by atoms with van der Waals surface area (Å²) in [6.45, 7) is -0.565. The van der Waals surface area contributed by atoms with E-state index in [0.717, 1.165) is 9.80 Å². The smallest absolute Gasteiger partial charge is 0.323 e. The monoisotopic (exact) mass is 304 g/mol. The van der Waals surface area contributed by atoms with Gasteiger partial charge >= 0.3 is 5.97 Å². The Morgan fingerprint density at radius 2 is 2.24 bits per heavy atom. The third-order valence-electron chi connectivity index (χ3n) is 2.75. The Bertz CT molecular complexity index is 651. The SMILES string of the molecule is C#CCN(CC(=O)O)C(=O)c1ccc2c(c1)NC(=O)CS2. The second-order valence-corrected chi connectivity index (χ2v) is 5.32. The number of carboxylic acid groups (broad SMARTS) is 1. The summed E-state index contributed by atoms with van der Waals surface area (Å²) in [4.78, 5) is 36.3. The summed E-state index contributed by atoms with van der Waals surface area (Å²) in [6.07, 6.45) is 5.15. The van der Waals surface area contributed by atoms with E-state index in [0.29, 0.717) is 11.4 Å². The maximum absolute atomic E-state index is 12.3. The lowest BCUT2D eigenvalue weighted by atomic mass is 10.1.